The van der Waals surface area contributed by atoms with Crippen LogP contribution in [0.4, 0.5) is 0 Å². The van der Waals surface area contributed by atoms with E-state index in [9.17, 15) is 5.11 Å². The number of aliphatic hydroxyl groups is 1. The first kappa shape index (κ1) is 11.9. The minimum Gasteiger partial charge on any atom is -0.393 e. The second-order valence-electron chi connectivity index (χ2n) is 3.71. The summed E-state index contributed by atoms with van der Waals surface area (Å²) in [6, 6.07) is 5.20. The standard InChI is InChI=1S/C10H13ClN2O2/c1-10(2,14)7-15-12-6-8-4-3-5-9(11)13-8/h3-6,14H,7H2,1-2H3. The van der Waals surface area contributed by atoms with Gasteiger partial charge in [0.05, 0.1) is 17.5 Å². The third-order valence-corrected chi connectivity index (χ3v) is 1.62. The molecule has 0 aromatic carbocycles. The minimum absolute atomic E-state index is 0.129. The maximum Gasteiger partial charge on any atom is 0.145 e. The molecule has 0 aliphatic rings. The number of nitrogens with zero attached hydrogens (tertiary/aromatic N) is 2. The summed E-state index contributed by atoms with van der Waals surface area (Å²) < 4.78 is 0. The second kappa shape index (κ2) is 5.09. The van der Waals surface area contributed by atoms with Crippen LogP contribution >= 0.6 is 11.6 Å². The molecule has 4 nitrogen and oxygen atoms in total. The average molecular weight is 229 g/mol. The molecule has 0 unspecified atom stereocenters. The van der Waals surface area contributed by atoms with Crippen molar-refractivity contribution in [2.75, 3.05) is 6.61 Å². The Morgan fingerprint density at radius 3 is 2.93 bits per heavy atom. The van der Waals surface area contributed by atoms with Crippen molar-refractivity contribution in [3.05, 3.63) is 29.0 Å². The summed E-state index contributed by atoms with van der Waals surface area (Å²) in [4.78, 5) is 8.86. The van der Waals surface area contributed by atoms with E-state index < -0.39 is 5.60 Å². The number of oxime groups is 1. The van der Waals surface area contributed by atoms with Crippen LogP contribution in [0.1, 0.15) is 19.5 Å². The van der Waals surface area contributed by atoms with Crippen LogP contribution in [0.2, 0.25) is 5.15 Å². The van der Waals surface area contributed by atoms with Crippen molar-refractivity contribution >= 4 is 17.8 Å². The van der Waals surface area contributed by atoms with E-state index in [4.69, 9.17) is 16.4 Å². The van der Waals surface area contributed by atoms with Crippen LogP contribution in [0.5, 0.6) is 0 Å². The number of hydrogen-bond acceptors (Lipinski definition) is 4. The van der Waals surface area contributed by atoms with Gasteiger partial charge in [-0.15, -0.1) is 0 Å². The summed E-state index contributed by atoms with van der Waals surface area (Å²) in [6.07, 6.45) is 1.44. The van der Waals surface area contributed by atoms with E-state index >= 15 is 0 Å². The van der Waals surface area contributed by atoms with Crippen molar-refractivity contribution in [3.8, 4) is 0 Å². The summed E-state index contributed by atoms with van der Waals surface area (Å²) in [7, 11) is 0. The van der Waals surface area contributed by atoms with Gasteiger partial charge in [-0.1, -0.05) is 22.8 Å². The van der Waals surface area contributed by atoms with Crippen LogP contribution in [0.3, 0.4) is 0 Å². The van der Waals surface area contributed by atoms with Crippen LogP contribution in [0.15, 0.2) is 23.4 Å². The molecule has 0 aliphatic heterocycles. The molecule has 0 atom stereocenters. The van der Waals surface area contributed by atoms with Crippen LogP contribution in [-0.4, -0.2) is 28.5 Å². The summed E-state index contributed by atoms with van der Waals surface area (Å²) in [5.74, 6) is 0. The summed E-state index contributed by atoms with van der Waals surface area (Å²) >= 11 is 5.68. The molecule has 1 aromatic rings. The average Bonchev–Trinajstić information content (AvgIpc) is 2.11. The molecule has 5 heteroatoms. The quantitative estimate of drug-likeness (QED) is 0.486. The van der Waals surface area contributed by atoms with Gasteiger partial charge in [0.25, 0.3) is 0 Å². The van der Waals surface area contributed by atoms with E-state index in [0.717, 1.165) is 0 Å². The predicted octanol–water partition coefficient (Wildman–Crippen LogP) is 1.86. The zero-order valence-electron chi connectivity index (χ0n) is 8.64. The molecule has 0 saturated carbocycles. The van der Waals surface area contributed by atoms with Gasteiger partial charge in [0, 0.05) is 0 Å². The van der Waals surface area contributed by atoms with Gasteiger partial charge in [-0.05, 0) is 26.0 Å². The first-order valence-corrected chi connectivity index (χ1v) is 4.85. The van der Waals surface area contributed by atoms with E-state index in [1.54, 1.807) is 32.0 Å². The fraction of sp³-hybridized carbons (Fsp3) is 0.400. The van der Waals surface area contributed by atoms with Gasteiger partial charge in [0.15, 0.2) is 0 Å². The van der Waals surface area contributed by atoms with Gasteiger partial charge < -0.3 is 9.94 Å². The lowest BCUT2D eigenvalue weighted by Gasteiger charge is -2.13. The first-order chi connectivity index (χ1) is 6.97. The van der Waals surface area contributed by atoms with Crippen molar-refractivity contribution in [1.29, 1.82) is 0 Å². The zero-order valence-corrected chi connectivity index (χ0v) is 9.40. The zero-order chi connectivity index (χ0) is 11.3. The number of pyridine rings is 1. The molecule has 0 saturated heterocycles. The van der Waals surface area contributed by atoms with Gasteiger partial charge in [-0.25, -0.2) is 4.98 Å². The van der Waals surface area contributed by atoms with E-state index in [2.05, 4.69) is 10.1 Å². The van der Waals surface area contributed by atoms with Crippen LogP contribution in [-0.2, 0) is 4.84 Å². The van der Waals surface area contributed by atoms with Crippen molar-refractivity contribution in [1.82, 2.24) is 4.98 Å². The van der Waals surface area contributed by atoms with E-state index in [1.807, 2.05) is 0 Å². The molecule has 0 amide bonds. The minimum atomic E-state index is -0.890. The molecule has 0 bridgehead atoms. The van der Waals surface area contributed by atoms with Crippen molar-refractivity contribution in [3.63, 3.8) is 0 Å². The molecule has 15 heavy (non-hydrogen) atoms. The highest BCUT2D eigenvalue weighted by atomic mass is 35.5. The Labute approximate surface area is 93.5 Å². The Morgan fingerprint density at radius 1 is 1.60 bits per heavy atom. The molecular formula is C10H13ClN2O2. The molecule has 0 fully saturated rings. The summed E-state index contributed by atoms with van der Waals surface area (Å²) in [6.45, 7) is 3.41. The van der Waals surface area contributed by atoms with Gasteiger partial charge in [0.1, 0.15) is 11.8 Å². The number of hydrogen-bond donors (Lipinski definition) is 1. The monoisotopic (exact) mass is 228 g/mol. The van der Waals surface area contributed by atoms with Crippen LogP contribution in [0, 0.1) is 0 Å². The Kier molecular flexibility index (Phi) is 4.05. The molecule has 0 radical (unpaired) electrons. The summed E-state index contributed by atoms with van der Waals surface area (Å²) in [5, 5.41) is 13.4. The molecule has 82 valence electrons. The van der Waals surface area contributed by atoms with Crippen LogP contribution in [0.25, 0.3) is 0 Å². The van der Waals surface area contributed by atoms with Crippen molar-refractivity contribution < 1.29 is 9.94 Å². The fourth-order valence-electron chi connectivity index (χ4n) is 0.782. The Balaban J connectivity index is 2.45. The highest BCUT2D eigenvalue weighted by molar-refractivity contribution is 6.29. The Bertz CT molecular complexity index is 348. The molecule has 1 aromatic heterocycles. The molecular weight excluding hydrogens is 216 g/mol. The third-order valence-electron chi connectivity index (χ3n) is 1.41. The van der Waals surface area contributed by atoms with Gasteiger partial charge in [0.2, 0.25) is 0 Å². The highest BCUT2D eigenvalue weighted by Gasteiger charge is 2.12. The molecule has 1 N–H and O–H groups in total. The molecule has 0 aliphatic carbocycles. The van der Waals surface area contributed by atoms with Crippen molar-refractivity contribution in [2.45, 2.75) is 19.4 Å². The van der Waals surface area contributed by atoms with Crippen LogP contribution < -0.4 is 0 Å². The fourth-order valence-corrected chi connectivity index (χ4v) is 0.953. The highest BCUT2D eigenvalue weighted by Crippen LogP contribution is 2.04. The van der Waals surface area contributed by atoms with Gasteiger partial charge >= 0.3 is 0 Å². The first-order valence-electron chi connectivity index (χ1n) is 4.48. The lowest BCUT2D eigenvalue weighted by atomic mass is 10.2. The maximum absolute atomic E-state index is 9.32. The normalized spacial score (nSPS) is 12.0. The maximum atomic E-state index is 9.32. The predicted molar refractivity (Wildman–Crippen MR) is 59.1 cm³/mol. The summed E-state index contributed by atoms with van der Waals surface area (Å²) in [5.41, 5.74) is -0.280. The van der Waals surface area contributed by atoms with E-state index in [1.165, 1.54) is 6.21 Å². The lowest BCUT2D eigenvalue weighted by Crippen LogP contribution is -2.24. The number of rotatable bonds is 4. The van der Waals surface area contributed by atoms with Crippen molar-refractivity contribution in [2.24, 2.45) is 5.16 Å². The third kappa shape index (κ3) is 5.34. The van der Waals surface area contributed by atoms with Gasteiger partial charge in [-0.3, -0.25) is 0 Å². The lowest BCUT2D eigenvalue weighted by molar-refractivity contribution is -0.0185. The van der Waals surface area contributed by atoms with E-state index in [0.29, 0.717) is 10.8 Å². The Hall–Kier alpha value is -1.13. The Morgan fingerprint density at radius 2 is 2.33 bits per heavy atom. The smallest absolute Gasteiger partial charge is 0.145 e. The number of halogens is 1. The SMILES string of the molecule is CC(C)(O)CON=Cc1cccc(Cl)n1. The second-order valence-corrected chi connectivity index (χ2v) is 4.09. The molecule has 1 rings (SSSR count). The largest absolute Gasteiger partial charge is 0.393 e. The topological polar surface area (TPSA) is 54.7 Å². The number of aromatic nitrogens is 1. The van der Waals surface area contributed by atoms with Gasteiger partial charge in [-0.2, -0.15) is 0 Å². The molecule has 0 spiro atoms. The molecule has 1 heterocycles. The van der Waals surface area contributed by atoms with E-state index in [-0.39, 0.29) is 6.61 Å².